The molecule has 3 atom stereocenters. The standard InChI is InChI=1S/C14H22N2OS2/c1-5-14(3)13(17)16(8-10(2)18-4)12(15-14)11-6-7-19-9-11/h6-7,9-10,12,15H,5,8H2,1-4H3. The molecule has 0 aromatic carbocycles. The lowest BCUT2D eigenvalue weighted by molar-refractivity contribution is -0.133. The van der Waals surface area contributed by atoms with E-state index >= 15 is 0 Å². The molecule has 1 aliphatic rings. The highest BCUT2D eigenvalue weighted by molar-refractivity contribution is 7.99. The zero-order valence-corrected chi connectivity index (χ0v) is 13.6. The van der Waals surface area contributed by atoms with E-state index in [1.165, 1.54) is 5.56 Å². The van der Waals surface area contributed by atoms with Gasteiger partial charge in [-0.1, -0.05) is 13.8 Å². The Morgan fingerprint density at radius 2 is 2.37 bits per heavy atom. The molecule has 1 aromatic heterocycles. The summed E-state index contributed by atoms with van der Waals surface area (Å²) in [5.41, 5.74) is 0.772. The van der Waals surface area contributed by atoms with E-state index in [2.05, 4.69) is 42.2 Å². The van der Waals surface area contributed by atoms with Gasteiger partial charge >= 0.3 is 0 Å². The third kappa shape index (κ3) is 2.83. The van der Waals surface area contributed by atoms with E-state index in [4.69, 9.17) is 0 Å². The van der Waals surface area contributed by atoms with Gasteiger partial charge in [0.2, 0.25) is 5.91 Å². The highest BCUT2D eigenvalue weighted by Crippen LogP contribution is 2.34. The number of thioether (sulfide) groups is 1. The van der Waals surface area contributed by atoms with Crippen LogP contribution in [0.4, 0.5) is 0 Å². The molecule has 2 heterocycles. The van der Waals surface area contributed by atoms with Crippen LogP contribution in [0.2, 0.25) is 0 Å². The highest BCUT2D eigenvalue weighted by Gasteiger charge is 2.47. The molecule has 1 aromatic rings. The van der Waals surface area contributed by atoms with Crippen molar-refractivity contribution in [3.05, 3.63) is 22.4 Å². The van der Waals surface area contributed by atoms with Crippen LogP contribution in [0.25, 0.3) is 0 Å². The number of hydrogen-bond donors (Lipinski definition) is 1. The molecular formula is C14H22N2OS2. The first-order valence-electron chi connectivity index (χ1n) is 6.65. The van der Waals surface area contributed by atoms with Crippen molar-refractivity contribution in [1.29, 1.82) is 0 Å². The molecule has 0 saturated carbocycles. The van der Waals surface area contributed by atoms with Crippen LogP contribution in [0, 0.1) is 0 Å². The lowest BCUT2D eigenvalue weighted by atomic mass is 9.99. The smallest absolute Gasteiger partial charge is 0.244 e. The lowest BCUT2D eigenvalue weighted by Gasteiger charge is -2.26. The molecule has 1 fully saturated rings. The maximum absolute atomic E-state index is 12.7. The number of nitrogens with zero attached hydrogens (tertiary/aromatic N) is 1. The van der Waals surface area contributed by atoms with Crippen molar-refractivity contribution >= 4 is 29.0 Å². The Hall–Kier alpha value is -0.520. The van der Waals surface area contributed by atoms with E-state index in [1.54, 1.807) is 23.1 Å². The summed E-state index contributed by atoms with van der Waals surface area (Å²) in [5, 5.41) is 8.17. The number of nitrogens with one attached hydrogen (secondary N) is 1. The van der Waals surface area contributed by atoms with Crippen LogP contribution in [0.5, 0.6) is 0 Å². The van der Waals surface area contributed by atoms with Crippen molar-refractivity contribution in [3.63, 3.8) is 0 Å². The maximum Gasteiger partial charge on any atom is 0.244 e. The molecule has 2 rings (SSSR count). The third-order valence-electron chi connectivity index (χ3n) is 3.92. The van der Waals surface area contributed by atoms with Gasteiger partial charge in [0, 0.05) is 11.8 Å². The van der Waals surface area contributed by atoms with Crippen LogP contribution in [0.15, 0.2) is 16.8 Å². The Labute approximate surface area is 123 Å². The average molecular weight is 298 g/mol. The molecule has 106 valence electrons. The van der Waals surface area contributed by atoms with Crippen molar-refractivity contribution in [2.75, 3.05) is 12.8 Å². The van der Waals surface area contributed by atoms with E-state index in [0.717, 1.165) is 13.0 Å². The number of rotatable bonds is 5. The molecular weight excluding hydrogens is 276 g/mol. The zero-order chi connectivity index (χ0) is 14.0. The summed E-state index contributed by atoms with van der Waals surface area (Å²) < 4.78 is 0. The van der Waals surface area contributed by atoms with Gasteiger partial charge in [-0.3, -0.25) is 10.1 Å². The monoisotopic (exact) mass is 298 g/mol. The van der Waals surface area contributed by atoms with Crippen LogP contribution in [0.3, 0.4) is 0 Å². The summed E-state index contributed by atoms with van der Waals surface area (Å²) in [7, 11) is 0. The number of carbonyl (C=O) groups is 1. The van der Waals surface area contributed by atoms with Crippen molar-refractivity contribution in [2.24, 2.45) is 0 Å². The Balaban J connectivity index is 2.26. The van der Waals surface area contributed by atoms with Gasteiger partial charge < -0.3 is 4.90 Å². The van der Waals surface area contributed by atoms with Gasteiger partial charge in [0.05, 0.1) is 5.54 Å². The summed E-state index contributed by atoms with van der Waals surface area (Å²) in [6.07, 6.45) is 2.94. The summed E-state index contributed by atoms with van der Waals surface area (Å²) >= 11 is 3.48. The topological polar surface area (TPSA) is 32.3 Å². The van der Waals surface area contributed by atoms with Gasteiger partial charge in [0.25, 0.3) is 0 Å². The second-order valence-corrected chi connectivity index (χ2v) is 7.35. The van der Waals surface area contributed by atoms with E-state index < -0.39 is 5.54 Å². The first-order valence-corrected chi connectivity index (χ1v) is 8.88. The van der Waals surface area contributed by atoms with Crippen LogP contribution >= 0.6 is 23.1 Å². The number of carbonyl (C=O) groups excluding carboxylic acids is 1. The molecule has 1 aliphatic heterocycles. The number of amides is 1. The normalized spacial score (nSPS) is 28.9. The Kier molecular flexibility index (Phi) is 4.58. The van der Waals surface area contributed by atoms with Crippen molar-refractivity contribution < 1.29 is 4.79 Å². The predicted octanol–water partition coefficient (Wildman–Crippen LogP) is 3.10. The molecule has 3 unspecified atom stereocenters. The minimum Gasteiger partial charge on any atom is -0.320 e. The quantitative estimate of drug-likeness (QED) is 0.906. The summed E-state index contributed by atoms with van der Waals surface area (Å²) in [6, 6.07) is 2.10. The average Bonchev–Trinajstić information content (AvgIpc) is 3.01. The molecule has 0 aliphatic carbocycles. The fourth-order valence-corrected chi connectivity index (χ4v) is 3.35. The van der Waals surface area contributed by atoms with Crippen LogP contribution < -0.4 is 5.32 Å². The first kappa shape index (κ1) is 14.9. The first-order chi connectivity index (χ1) is 9.01. The summed E-state index contributed by atoms with van der Waals surface area (Å²) in [6.45, 7) is 7.04. The predicted molar refractivity (Wildman–Crippen MR) is 83.6 cm³/mol. The Morgan fingerprint density at radius 1 is 1.63 bits per heavy atom. The molecule has 1 saturated heterocycles. The molecule has 5 heteroatoms. The largest absolute Gasteiger partial charge is 0.320 e. The van der Waals surface area contributed by atoms with E-state index in [9.17, 15) is 4.79 Å². The van der Waals surface area contributed by atoms with E-state index in [1.807, 2.05) is 11.8 Å². The second kappa shape index (κ2) is 5.85. The van der Waals surface area contributed by atoms with Gasteiger partial charge in [0.15, 0.2) is 0 Å². The summed E-state index contributed by atoms with van der Waals surface area (Å²) in [4.78, 5) is 14.7. The lowest BCUT2D eigenvalue weighted by Crippen LogP contribution is -2.43. The van der Waals surface area contributed by atoms with Gasteiger partial charge in [-0.15, -0.1) is 0 Å². The Bertz CT molecular complexity index is 435. The van der Waals surface area contributed by atoms with Gasteiger partial charge in [0.1, 0.15) is 6.17 Å². The van der Waals surface area contributed by atoms with Gasteiger partial charge in [-0.05, 0) is 42.0 Å². The van der Waals surface area contributed by atoms with E-state index in [-0.39, 0.29) is 12.1 Å². The molecule has 0 spiro atoms. The fourth-order valence-electron chi connectivity index (χ4n) is 2.36. The molecule has 1 N–H and O–H groups in total. The highest BCUT2D eigenvalue weighted by atomic mass is 32.2. The van der Waals surface area contributed by atoms with Crippen molar-refractivity contribution in [2.45, 2.75) is 44.1 Å². The third-order valence-corrected chi connectivity index (χ3v) is 5.58. The maximum atomic E-state index is 12.7. The molecule has 0 radical (unpaired) electrons. The Morgan fingerprint density at radius 3 is 2.89 bits per heavy atom. The minimum atomic E-state index is -0.426. The second-order valence-electron chi connectivity index (χ2n) is 5.29. The molecule has 19 heavy (non-hydrogen) atoms. The fraction of sp³-hybridized carbons (Fsp3) is 0.643. The molecule has 0 bridgehead atoms. The SMILES string of the molecule is CCC1(C)NC(c2ccsc2)N(CC(C)SC)C1=O. The zero-order valence-electron chi connectivity index (χ0n) is 12.0. The minimum absolute atomic E-state index is 0.0262. The molecule has 3 nitrogen and oxygen atoms in total. The van der Waals surface area contributed by atoms with Crippen molar-refractivity contribution in [1.82, 2.24) is 10.2 Å². The number of hydrogen-bond acceptors (Lipinski definition) is 4. The van der Waals surface area contributed by atoms with E-state index in [0.29, 0.717) is 5.25 Å². The summed E-state index contributed by atoms with van der Waals surface area (Å²) in [5.74, 6) is 0.229. The van der Waals surface area contributed by atoms with Gasteiger partial charge in [-0.25, -0.2) is 0 Å². The molecule has 1 amide bonds. The van der Waals surface area contributed by atoms with Crippen LogP contribution in [-0.4, -0.2) is 34.4 Å². The van der Waals surface area contributed by atoms with Crippen molar-refractivity contribution in [3.8, 4) is 0 Å². The van der Waals surface area contributed by atoms with Gasteiger partial charge in [-0.2, -0.15) is 23.1 Å². The number of thiophene rings is 1. The van der Waals surface area contributed by atoms with Crippen LogP contribution in [-0.2, 0) is 4.79 Å². The van der Waals surface area contributed by atoms with Crippen LogP contribution in [0.1, 0.15) is 38.9 Å².